The molecule has 4 nitrogen and oxygen atoms in total. The number of rotatable bonds is 6. The Morgan fingerprint density at radius 3 is 2.18 bits per heavy atom. The first-order valence-electron chi connectivity index (χ1n) is 20.2. The first-order valence-corrected chi connectivity index (χ1v) is 19.2. The van der Waals surface area contributed by atoms with Crippen LogP contribution in [0.4, 0.5) is 4.39 Å². The van der Waals surface area contributed by atoms with Crippen molar-refractivity contribution in [2.24, 2.45) is 5.41 Å². The van der Waals surface area contributed by atoms with Crippen molar-refractivity contribution >= 4 is 43.7 Å². The predicted molar refractivity (Wildman–Crippen MR) is 230 cm³/mol. The van der Waals surface area contributed by atoms with Crippen LogP contribution in [0.2, 0.25) is 0 Å². The van der Waals surface area contributed by atoms with E-state index in [-0.39, 0.29) is 25.9 Å². The van der Waals surface area contributed by atoms with Crippen LogP contribution in [0.25, 0.3) is 72.1 Å². The fourth-order valence-electron chi connectivity index (χ4n) is 7.44. The molecule has 1 radical (unpaired) electrons. The maximum absolute atomic E-state index is 13.5. The molecule has 3 heterocycles. The Hall–Kier alpha value is -5.42. The number of hydrogen-bond acceptors (Lipinski definition) is 3. The molecule has 0 fully saturated rings. The van der Waals surface area contributed by atoms with Crippen LogP contribution in [0.5, 0.6) is 0 Å². The van der Waals surface area contributed by atoms with Gasteiger partial charge in [0.25, 0.3) is 0 Å². The van der Waals surface area contributed by atoms with E-state index in [0.717, 1.165) is 55.3 Å². The molecule has 6 heteroatoms. The molecule has 57 heavy (non-hydrogen) atoms. The summed E-state index contributed by atoms with van der Waals surface area (Å²) >= 11 is 0. The van der Waals surface area contributed by atoms with E-state index in [4.69, 9.17) is 12.1 Å². The van der Waals surface area contributed by atoms with E-state index < -0.39 is 11.8 Å². The summed E-state index contributed by atoms with van der Waals surface area (Å²) in [5, 5.41) is 4.37. The number of aromatic nitrogens is 3. The number of imidazole rings is 1. The Bertz CT molecular complexity index is 2920. The number of hydrogen-bond donors (Lipinski definition) is 0. The molecule has 6 aromatic carbocycles. The molecule has 0 aliphatic carbocycles. The number of pyridine rings is 1. The van der Waals surface area contributed by atoms with Crippen molar-refractivity contribution in [3.63, 3.8) is 0 Å². The van der Waals surface area contributed by atoms with Gasteiger partial charge >= 0.3 is 0 Å². The van der Waals surface area contributed by atoms with E-state index in [1.54, 1.807) is 18.3 Å². The average molecular weight is 930 g/mol. The summed E-state index contributed by atoms with van der Waals surface area (Å²) in [6.45, 7) is 14.6. The van der Waals surface area contributed by atoms with Crippen LogP contribution < -0.4 is 0 Å². The number of furan rings is 1. The van der Waals surface area contributed by atoms with Crippen molar-refractivity contribution in [1.29, 1.82) is 0 Å². The Balaban J connectivity index is 0.000000177. The third-order valence-corrected chi connectivity index (χ3v) is 9.98. The third kappa shape index (κ3) is 8.08. The number of halogens is 1. The molecule has 9 rings (SSSR count). The smallest absolute Gasteiger partial charge is 0.121 e. The normalized spacial score (nSPS) is 12.5. The SMILES string of the molecule is CC(C)c1cccc(C(C)C)c1-n1c(-c2[c-]cc(F)cc2)nc2ccccc21.[2H]C([2H])(c1ccnc(-c2[c-]ccc3c2oc2cc4ccccc4cc23)c1)C(C)(C)C.[Ir]. The van der Waals surface area contributed by atoms with Gasteiger partial charge in [0.15, 0.2) is 0 Å². The van der Waals surface area contributed by atoms with E-state index >= 15 is 0 Å². The van der Waals surface area contributed by atoms with Crippen LogP contribution in [0.15, 0.2) is 132 Å². The molecule has 0 bridgehead atoms. The predicted octanol–water partition coefficient (Wildman–Crippen LogP) is 14.1. The minimum Gasteiger partial charge on any atom is -0.501 e. The van der Waals surface area contributed by atoms with Gasteiger partial charge in [-0.2, -0.15) is 0 Å². The summed E-state index contributed by atoms with van der Waals surface area (Å²) < 4.78 is 39.2. The maximum atomic E-state index is 13.5. The third-order valence-electron chi connectivity index (χ3n) is 9.98. The number of nitrogens with zero attached hydrogens (tertiary/aromatic N) is 3. The molecule has 0 unspecified atom stereocenters. The van der Waals surface area contributed by atoms with Crippen molar-refractivity contribution in [3.8, 4) is 28.3 Å². The molecule has 9 aromatic rings. The second kappa shape index (κ2) is 16.2. The van der Waals surface area contributed by atoms with E-state index in [9.17, 15) is 4.39 Å². The summed E-state index contributed by atoms with van der Waals surface area (Å²) in [5.74, 6) is 1.22. The average Bonchev–Trinajstić information content (AvgIpc) is 3.78. The van der Waals surface area contributed by atoms with Gasteiger partial charge in [0.05, 0.1) is 22.4 Å². The molecule has 0 atom stereocenters. The number of para-hydroxylation sites is 3. The van der Waals surface area contributed by atoms with Crippen molar-refractivity contribution in [2.45, 2.75) is 66.7 Å². The van der Waals surface area contributed by atoms with Gasteiger partial charge in [-0.3, -0.25) is 9.37 Å². The van der Waals surface area contributed by atoms with Crippen molar-refractivity contribution in [3.05, 3.63) is 162 Å². The molecule has 0 aliphatic rings. The fourth-order valence-corrected chi connectivity index (χ4v) is 7.44. The Kier molecular flexibility index (Phi) is 10.6. The van der Waals surface area contributed by atoms with Crippen LogP contribution in [-0.4, -0.2) is 14.5 Å². The van der Waals surface area contributed by atoms with E-state index in [0.29, 0.717) is 23.1 Å². The van der Waals surface area contributed by atoms with Crippen molar-refractivity contribution in [1.82, 2.24) is 14.5 Å². The number of benzene rings is 6. The zero-order valence-electron chi connectivity index (χ0n) is 35.2. The summed E-state index contributed by atoms with van der Waals surface area (Å²) in [6, 6.07) is 45.5. The first kappa shape index (κ1) is 37.2. The van der Waals surface area contributed by atoms with Gasteiger partial charge in [-0.15, -0.1) is 48.0 Å². The van der Waals surface area contributed by atoms with Gasteiger partial charge in [0, 0.05) is 45.9 Å². The van der Waals surface area contributed by atoms with Crippen LogP contribution in [0.3, 0.4) is 0 Å². The largest absolute Gasteiger partial charge is 0.501 e. The maximum Gasteiger partial charge on any atom is 0.121 e. The second-order valence-electron chi connectivity index (χ2n) is 16.0. The Morgan fingerprint density at radius 2 is 1.49 bits per heavy atom. The zero-order chi connectivity index (χ0) is 40.9. The van der Waals surface area contributed by atoms with Crippen molar-refractivity contribution in [2.75, 3.05) is 0 Å². The molecular weight excluding hydrogens is 882 g/mol. The van der Waals surface area contributed by atoms with Crippen LogP contribution in [-0.2, 0) is 26.5 Å². The molecule has 289 valence electrons. The summed E-state index contributed by atoms with van der Waals surface area (Å²) in [4.78, 5) is 9.42. The van der Waals surface area contributed by atoms with E-state index in [1.807, 2.05) is 69.3 Å². The molecular formula is C51H46FIrN3O-2. The van der Waals surface area contributed by atoms with Gasteiger partial charge in [0.1, 0.15) is 5.58 Å². The first-order chi connectivity index (χ1) is 27.7. The van der Waals surface area contributed by atoms with Crippen LogP contribution in [0.1, 0.15) is 79.7 Å². The van der Waals surface area contributed by atoms with Gasteiger partial charge in [0.2, 0.25) is 0 Å². The molecule has 0 saturated carbocycles. The summed E-state index contributed by atoms with van der Waals surface area (Å²) in [7, 11) is 0. The van der Waals surface area contributed by atoms with E-state index in [1.165, 1.54) is 34.3 Å². The monoisotopic (exact) mass is 930 g/mol. The van der Waals surface area contributed by atoms with E-state index in [2.05, 4.69) is 97.9 Å². The molecule has 0 amide bonds. The van der Waals surface area contributed by atoms with Gasteiger partial charge in [-0.05, 0) is 81.5 Å². The summed E-state index contributed by atoms with van der Waals surface area (Å²) in [5.41, 5.74) is 9.50. The standard InChI is InChI=1S/C26H22NO.C25H24FN2.Ir/c1-26(2,3)16-17-11-12-27-23(13-17)21-10-6-9-20-22-14-18-7-4-5-8-19(18)15-24(22)28-25(20)21;1-16(2)20-8-7-9-21(17(3)4)24(20)28-23-11-6-5-10-22(23)27-25(28)18-12-14-19(26)15-13-18;/h4-9,11-15H,16H2,1-3H3;5-12,14-17H,1-4H3;/q2*-1;/i16D2;;. The summed E-state index contributed by atoms with van der Waals surface area (Å²) in [6.07, 6.45) is 0.169. The molecule has 0 N–H and O–H groups in total. The molecule has 0 spiro atoms. The van der Waals surface area contributed by atoms with Crippen LogP contribution in [0, 0.1) is 23.4 Å². The topological polar surface area (TPSA) is 43.9 Å². The van der Waals surface area contributed by atoms with Gasteiger partial charge < -0.3 is 14.0 Å². The Morgan fingerprint density at radius 1 is 0.789 bits per heavy atom. The van der Waals surface area contributed by atoms with Gasteiger partial charge in [-0.25, -0.2) is 0 Å². The molecule has 3 aromatic heterocycles. The quantitative estimate of drug-likeness (QED) is 0.156. The zero-order valence-corrected chi connectivity index (χ0v) is 35.6. The molecule has 0 aliphatic heterocycles. The number of fused-ring (bicyclic) bond motifs is 5. The fraction of sp³-hybridized carbons (Fsp3) is 0.216. The van der Waals surface area contributed by atoms with Gasteiger partial charge in [-0.1, -0.05) is 126 Å². The minimum absolute atomic E-state index is 0. The Labute approximate surface area is 351 Å². The second-order valence-corrected chi connectivity index (χ2v) is 16.0. The minimum atomic E-state index is -1.50. The molecule has 0 saturated heterocycles. The van der Waals surface area contributed by atoms with Crippen LogP contribution >= 0.6 is 0 Å². The van der Waals surface area contributed by atoms with Crippen molar-refractivity contribution < 1.29 is 31.7 Å².